The average molecular weight is 311 g/mol. The van der Waals surface area contributed by atoms with Gasteiger partial charge in [0.15, 0.2) is 0 Å². The van der Waals surface area contributed by atoms with E-state index in [-0.39, 0.29) is 5.91 Å². The van der Waals surface area contributed by atoms with Crippen LogP contribution in [-0.4, -0.2) is 22.3 Å². The number of benzene rings is 1. The molecule has 0 spiro atoms. The normalized spacial score (nSPS) is 18.6. The Balaban J connectivity index is 2.07. The molecule has 0 bridgehead atoms. The van der Waals surface area contributed by atoms with Crippen molar-refractivity contribution in [1.29, 1.82) is 0 Å². The first-order valence-electron chi connectivity index (χ1n) is 6.87. The van der Waals surface area contributed by atoms with Crippen LogP contribution >= 0.6 is 23.8 Å². The van der Waals surface area contributed by atoms with Crippen molar-refractivity contribution in [3.05, 3.63) is 34.3 Å². The molecule has 1 atom stereocenters. The van der Waals surface area contributed by atoms with E-state index in [0.717, 1.165) is 30.5 Å². The van der Waals surface area contributed by atoms with Crippen LogP contribution in [0.25, 0.3) is 0 Å². The van der Waals surface area contributed by atoms with Crippen LogP contribution in [0.5, 0.6) is 0 Å². The quantitative estimate of drug-likeness (QED) is 0.850. The number of hydrogen-bond donors (Lipinski definition) is 1. The van der Waals surface area contributed by atoms with Gasteiger partial charge < -0.3 is 10.6 Å². The number of nitrogens with zero attached hydrogens (tertiary/aromatic N) is 1. The minimum Gasteiger partial charge on any atom is -0.389 e. The summed E-state index contributed by atoms with van der Waals surface area (Å²) in [5, 5.41) is 0.613. The molecular weight excluding hydrogens is 292 g/mol. The Morgan fingerprint density at radius 1 is 1.55 bits per heavy atom. The molecule has 1 aromatic rings. The van der Waals surface area contributed by atoms with Crippen molar-refractivity contribution in [2.24, 2.45) is 11.7 Å². The van der Waals surface area contributed by atoms with Crippen molar-refractivity contribution >= 4 is 34.7 Å². The average Bonchev–Trinajstić information content (AvgIpc) is 2.72. The van der Waals surface area contributed by atoms with Gasteiger partial charge >= 0.3 is 0 Å². The smallest absolute Gasteiger partial charge is 0.223 e. The number of nitrogens with two attached hydrogens (primary N) is 1. The molecule has 0 saturated carbocycles. The minimum atomic E-state index is 0.220. The molecule has 3 nitrogen and oxygen atoms in total. The summed E-state index contributed by atoms with van der Waals surface area (Å²) in [5.74, 6) is 0.708. The molecule has 108 valence electrons. The first kappa shape index (κ1) is 15.3. The van der Waals surface area contributed by atoms with Crippen molar-refractivity contribution in [3.63, 3.8) is 0 Å². The number of likely N-dealkylation sites (tertiary alicyclic amines) is 1. The van der Waals surface area contributed by atoms with Gasteiger partial charge in [-0.05, 0) is 24.0 Å². The van der Waals surface area contributed by atoms with Crippen LogP contribution in [0.3, 0.4) is 0 Å². The lowest BCUT2D eigenvalue weighted by Gasteiger charge is -2.18. The molecule has 1 heterocycles. The third-order valence-electron chi connectivity index (χ3n) is 3.69. The van der Waals surface area contributed by atoms with Crippen LogP contribution in [0.15, 0.2) is 18.2 Å². The second-order valence-electron chi connectivity index (χ2n) is 5.30. The molecule has 1 aliphatic rings. The zero-order valence-corrected chi connectivity index (χ0v) is 13.1. The van der Waals surface area contributed by atoms with E-state index in [1.165, 1.54) is 0 Å². The van der Waals surface area contributed by atoms with Crippen LogP contribution in [0.1, 0.15) is 37.3 Å². The van der Waals surface area contributed by atoms with E-state index < -0.39 is 0 Å². The fourth-order valence-electron chi connectivity index (χ4n) is 2.64. The van der Waals surface area contributed by atoms with Gasteiger partial charge in [-0.1, -0.05) is 49.3 Å². The fourth-order valence-corrected chi connectivity index (χ4v) is 3.01. The van der Waals surface area contributed by atoms with Crippen LogP contribution in [0, 0.1) is 5.92 Å². The number of amides is 1. The molecule has 1 amide bonds. The molecule has 1 fully saturated rings. The molecule has 1 aromatic carbocycles. The third kappa shape index (κ3) is 3.49. The molecule has 0 radical (unpaired) electrons. The summed E-state index contributed by atoms with van der Waals surface area (Å²) in [6.07, 6.45) is 2.89. The summed E-state index contributed by atoms with van der Waals surface area (Å²) in [7, 11) is 0. The second-order valence-corrected chi connectivity index (χ2v) is 6.15. The van der Waals surface area contributed by atoms with Gasteiger partial charge in [-0.15, -0.1) is 0 Å². The lowest BCUT2D eigenvalue weighted by molar-refractivity contribution is -0.128. The number of rotatable bonds is 5. The largest absolute Gasteiger partial charge is 0.389 e. The van der Waals surface area contributed by atoms with Crippen molar-refractivity contribution in [2.75, 3.05) is 6.54 Å². The molecule has 1 aliphatic heterocycles. The highest BCUT2D eigenvalue weighted by molar-refractivity contribution is 7.80. The molecule has 2 N–H and O–H groups in total. The summed E-state index contributed by atoms with van der Waals surface area (Å²) in [4.78, 5) is 14.2. The van der Waals surface area contributed by atoms with Crippen molar-refractivity contribution < 1.29 is 4.79 Å². The second kappa shape index (κ2) is 6.55. The zero-order chi connectivity index (χ0) is 14.7. The number of hydrogen-bond acceptors (Lipinski definition) is 2. The van der Waals surface area contributed by atoms with Gasteiger partial charge in [0, 0.05) is 30.1 Å². The molecule has 2 rings (SSSR count). The van der Waals surface area contributed by atoms with Gasteiger partial charge in [-0.25, -0.2) is 0 Å². The maximum atomic E-state index is 12.0. The van der Waals surface area contributed by atoms with E-state index in [9.17, 15) is 4.79 Å². The van der Waals surface area contributed by atoms with Crippen LogP contribution in [-0.2, 0) is 11.3 Å². The highest BCUT2D eigenvalue weighted by Gasteiger charge is 2.29. The number of carbonyl (C=O) groups is 1. The monoisotopic (exact) mass is 310 g/mol. The van der Waals surface area contributed by atoms with E-state index in [1.54, 1.807) is 6.07 Å². The van der Waals surface area contributed by atoms with Crippen molar-refractivity contribution in [2.45, 2.75) is 32.7 Å². The van der Waals surface area contributed by atoms with E-state index >= 15 is 0 Å². The molecule has 1 unspecified atom stereocenters. The highest BCUT2D eigenvalue weighted by Crippen LogP contribution is 2.26. The predicted molar refractivity (Wildman–Crippen MR) is 85.8 cm³/mol. The molecule has 0 aliphatic carbocycles. The van der Waals surface area contributed by atoms with Gasteiger partial charge in [-0.3, -0.25) is 4.79 Å². The molecule has 5 heteroatoms. The maximum Gasteiger partial charge on any atom is 0.223 e. The topological polar surface area (TPSA) is 46.3 Å². The van der Waals surface area contributed by atoms with Gasteiger partial charge in [0.2, 0.25) is 5.91 Å². The Kier molecular flexibility index (Phi) is 5.00. The molecule has 1 saturated heterocycles. The van der Waals surface area contributed by atoms with Gasteiger partial charge in [0.05, 0.1) is 0 Å². The highest BCUT2D eigenvalue weighted by atomic mass is 35.5. The third-order valence-corrected chi connectivity index (χ3v) is 4.28. The van der Waals surface area contributed by atoms with Gasteiger partial charge in [0.1, 0.15) is 4.99 Å². The summed E-state index contributed by atoms with van der Waals surface area (Å²) in [6.45, 7) is 3.55. The minimum absolute atomic E-state index is 0.220. The Hall–Kier alpha value is -1.13. The number of halogens is 1. The predicted octanol–water partition coefficient (Wildman–Crippen LogP) is 3.12. The first-order valence-corrected chi connectivity index (χ1v) is 7.66. The number of thiocarbonyl (C=S) groups is 1. The van der Waals surface area contributed by atoms with Crippen LogP contribution in [0.2, 0.25) is 5.02 Å². The van der Waals surface area contributed by atoms with Crippen molar-refractivity contribution in [3.8, 4) is 0 Å². The van der Waals surface area contributed by atoms with Gasteiger partial charge in [0.25, 0.3) is 0 Å². The fraction of sp³-hybridized carbons (Fsp3) is 0.467. The van der Waals surface area contributed by atoms with E-state index in [4.69, 9.17) is 29.6 Å². The summed E-state index contributed by atoms with van der Waals surface area (Å²) in [5.41, 5.74) is 7.27. The van der Waals surface area contributed by atoms with E-state index in [1.807, 2.05) is 17.0 Å². The molecular formula is C15H19ClN2OS. The molecule has 0 aromatic heterocycles. The molecule has 20 heavy (non-hydrogen) atoms. The standard InChI is InChI=1S/C15H19ClN2OS/c1-2-3-10-6-14(19)18(8-10)9-12-5-4-11(15(17)20)7-13(12)16/h4-5,7,10H,2-3,6,8-9H2,1H3,(H2,17,20). The number of carbonyl (C=O) groups excluding carboxylic acids is 1. The lowest BCUT2D eigenvalue weighted by atomic mass is 10.0. The van der Waals surface area contributed by atoms with Crippen LogP contribution in [0.4, 0.5) is 0 Å². The maximum absolute atomic E-state index is 12.0. The zero-order valence-electron chi connectivity index (χ0n) is 11.6. The lowest BCUT2D eigenvalue weighted by Crippen LogP contribution is -2.24. The van der Waals surface area contributed by atoms with Crippen molar-refractivity contribution in [1.82, 2.24) is 4.90 Å². The SMILES string of the molecule is CCCC1CC(=O)N(Cc2ccc(C(N)=S)cc2Cl)C1. The van der Waals surface area contributed by atoms with Crippen LogP contribution < -0.4 is 5.73 Å². The Morgan fingerprint density at radius 2 is 2.30 bits per heavy atom. The summed E-state index contributed by atoms with van der Waals surface area (Å²) >= 11 is 11.2. The Bertz CT molecular complexity index is 533. The Morgan fingerprint density at radius 3 is 2.90 bits per heavy atom. The van der Waals surface area contributed by atoms with E-state index in [2.05, 4.69) is 6.92 Å². The van der Waals surface area contributed by atoms with E-state index in [0.29, 0.717) is 28.9 Å². The summed E-state index contributed by atoms with van der Waals surface area (Å²) in [6, 6.07) is 5.52. The Labute approximate surface area is 130 Å². The van der Waals surface area contributed by atoms with Gasteiger partial charge in [-0.2, -0.15) is 0 Å². The summed E-state index contributed by atoms with van der Waals surface area (Å²) < 4.78 is 0. The first-order chi connectivity index (χ1) is 9.51.